The Balaban J connectivity index is 0.000000181. The Morgan fingerprint density at radius 3 is 1.63 bits per heavy atom. The number of hydrogen-bond acceptors (Lipinski definition) is 18. The van der Waals surface area contributed by atoms with E-state index in [1.807, 2.05) is 0 Å². The Hall–Kier alpha value is -3.32. The van der Waals surface area contributed by atoms with Crippen molar-refractivity contribution in [2.45, 2.75) is 49.1 Å². The molecule has 2 aliphatic rings. The van der Waals surface area contributed by atoms with E-state index >= 15 is 0 Å². The maximum Gasteiger partial charge on any atom is 0.470 e. The number of aliphatic hydroxyl groups excluding tert-OH is 4. The van der Waals surface area contributed by atoms with Gasteiger partial charge in [0.2, 0.25) is 0 Å². The molecule has 26 heteroatoms. The molecule has 4 aromatic rings. The van der Waals surface area contributed by atoms with E-state index in [1.165, 1.54) is 34.4 Å². The van der Waals surface area contributed by atoms with Gasteiger partial charge in [0.25, 0.3) is 0 Å². The minimum absolute atomic E-state index is 0.110. The zero-order chi connectivity index (χ0) is 33.6. The molecule has 0 saturated carbocycles. The summed E-state index contributed by atoms with van der Waals surface area (Å²) in [5.41, 5.74) is 12.4. The van der Waals surface area contributed by atoms with Crippen molar-refractivity contribution in [3.8, 4) is 0 Å². The van der Waals surface area contributed by atoms with Gasteiger partial charge in [0, 0.05) is 0 Å². The van der Waals surface area contributed by atoms with Gasteiger partial charge in [-0.05, 0) is 0 Å². The van der Waals surface area contributed by atoms with Crippen molar-refractivity contribution in [1.82, 2.24) is 39.0 Å². The Morgan fingerprint density at radius 2 is 1.15 bits per heavy atom. The summed E-state index contributed by atoms with van der Waals surface area (Å²) in [4.78, 5) is 59.4. The molecule has 0 spiro atoms. The van der Waals surface area contributed by atoms with Crippen LogP contribution < -0.4 is 11.5 Å². The number of nitrogen functional groups attached to an aromatic ring is 2. The van der Waals surface area contributed by atoms with E-state index in [0.29, 0.717) is 0 Å². The molecule has 6 heterocycles. The minimum Gasteiger partial charge on any atom is -0.394 e. The lowest BCUT2D eigenvalue weighted by molar-refractivity contribution is -0.0509. The second-order valence-electron chi connectivity index (χ2n) is 9.76. The van der Waals surface area contributed by atoms with Crippen LogP contribution in [0.5, 0.6) is 0 Å². The highest BCUT2D eigenvalue weighted by Gasteiger charge is 2.49. The molecule has 46 heavy (non-hydrogen) atoms. The van der Waals surface area contributed by atoms with Gasteiger partial charge in [-0.1, -0.05) is 0 Å². The van der Waals surface area contributed by atoms with E-state index in [0.717, 1.165) is 0 Å². The third-order valence-electron chi connectivity index (χ3n) is 6.82. The lowest BCUT2D eigenvalue weighted by atomic mass is 10.5. The van der Waals surface area contributed by atoms with Gasteiger partial charge in [-0.15, -0.1) is 0 Å². The average Bonchev–Trinajstić information content (AvgIpc) is 3.74. The number of aromatic nitrogens is 8. The summed E-state index contributed by atoms with van der Waals surface area (Å²) in [5.74, 6) is 0.237. The molecular formula is C20H28N10O14P2. The Morgan fingerprint density at radius 1 is 0.696 bits per heavy atom. The summed E-state index contributed by atoms with van der Waals surface area (Å²) in [7, 11) is -9.79. The summed E-state index contributed by atoms with van der Waals surface area (Å²) in [6.45, 7) is -1.18. The fraction of sp³-hybridized carbons (Fsp3) is 0.500. The molecule has 0 bridgehead atoms. The zero-order valence-electron chi connectivity index (χ0n) is 23.0. The van der Waals surface area contributed by atoms with E-state index in [9.17, 15) is 29.6 Å². The van der Waals surface area contributed by atoms with Crippen LogP contribution in [-0.2, 0) is 27.7 Å². The van der Waals surface area contributed by atoms with Crippen LogP contribution in [0, 0.1) is 0 Å². The number of imidazole rings is 2. The topological polar surface area (TPSA) is 372 Å². The van der Waals surface area contributed by atoms with Gasteiger partial charge in [-0.2, -0.15) is 0 Å². The molecule has 0 radical (unpaired) electrons. The van der Waals surface area contributed by atoms with Crippen molar-refractivity contribution in [2.75, 3.05) is 24.7 Å². The van der Waals surface area contributed by atoms with E-state index in [4.69, 9.17) is 40.5 Å². The Kier molecular flexibility index (Phi) is 9.66. The average molecular weight is 704 g/mol. The minimum atomic E-state index is -4.91. The molecule has 8 atom stereocenters. The second-order valence-corrected chi connectivity index (χ2v) is 12.1. The van der Waals surface area contributed by atoms with Crippen LogP contribution in [0.2, 0.25) is 0 Å². The van der Waals surface area contributed by atoms with Gasteiger partial charge >= 0.3 is 15.6 Å². The normalized spacial score (nSPS) is 28.5. The van der Waals surface area contributed by atoms with Crippen molar-refractivity contribution >= 4 is 49.6 Å². The zero-order valence-corrected chi connectivity index (χ0v) is 24.8. The van der Waals surface area contributed by atoms with Gasteiger partial charge < -0.3 is 60.9 Å². The van der Waals surface area contributed by atoms with Gasteiger partial charge in [-0.25, -0.2) is 39.0 Å². The number of phosphoric ester groups is 2. The van der Waals surface area contributed by atoms with E-state index in [1.54, 1.807) is 0 Å². The number of aliphatic hydroxyl groups is 4. The molecule has 12 N–H and O–H groups in total. The maximum atomic E-state index is 11.1. The summed E-state index contributed by atoms with van der Waals surface area (Å²) < 4.78 is 44.8. The van der Waals surface area contributed by atoms with Crippen LogP contribution in [0.15, 0.2) is 25.3 Å². The predicted molar refractivity (Wildman–Crippen MR) is 147 cm³/mol. The van der Waals surface area contributed by atoms with Gasteiger partial charge in [0.05, 0.1) is 25.9 Å². The van der Waals surface area contributed by atoms with E-state index in [-0.39, 0.29) is 34.0 Å². The number of nitrogens with two attached hydrogens (primary N) is 2. The molecule has 24 nitrogen and oxygen atoms in total. The van der Waals surface area contributed by atoms with Crippen molar-refractivity contribution < 1.29 is 67.7 Å². The van der Waals surface area contributed by atoms with Gasteiger partial charge in [0.1, 0.15) is 60.3 Å². The molecule has 2 fully saturated rings. The first kappa shape index (κ1) is 34.0. The summed E-state index contributed by atoms with van der Waals surface area (Å²) in [6, 6.07) is 0. The van der Waals surface area contributed by atoms with Crippen LogP contribution >= 0.6 is 15.6 Å². The van der Waals surface area contributed by atoms with Crippen molar-refractivity contribution in [2.24, 2.45) is 0 Å². The molecule has 4 aromatic heterocycles. The Labute approximate surface area is 255 Å². The molecule has 2 unspecified atom stereocenters. The SMILES string of the molecule is Nc1ncnc2c1ncn2[13C@@H]1O[13C@H]([13CH2]O)[13CH](O)[13C@@H]1OP(=O)(O)O.Nc1ncnc2c1ncn2[13C@@H]1O[13C@H]([13CH2]O)[13CH](OP(=O)(O)O)[13C@@H]1O. The van der Waals surface area contributed by atoms with Gasteiger partial charge in [0.15, 0.2) is 35.4 Å². The van der Waals surface area contributed by atoms with Crippen molar-refractivity contribution in [3.05, 3.63) is 25.3 Å². The van der Waals surface area contributed by atoms with Crippen molar-refractivity contribution in [1.29, 1.82) is 0 Å². The van der Waals surface area contributed by atoms with Crippen LogP contribution in [0.25, 0.3) is 22.3 Å². The third-order valence-corrected chi connectivity index (χ3v) is 7.86. The summed E-state index contributed by atoms with van der Waals surface area (Å²) >= 11 is 0. The monoisotopic (exact) mass is 704 g/mol. The molecule has 2 aliphatic heterocycles. The molecule has 2 saturated heterocycles. The fourth-order valence-corrected chi connectivity index (χ4v) is 5.99. The number of ether oxygens (including phenoxy) is 2. The molecule has 0 aliphatic carbocycles. The number of anilines is 2. The first-order valence-electron chi connectivity index (χ1n) is 12.9. The number of nitrogens with zero attached hydrogens (tertiary/aromatic N) is 8. The van der Waals surface area contributed by atoms with Crippen LogP contribution in [-0.4, -0.2) is 129 Å². The molecular weight excluding hydrogens is 676 g/mol. The smallest absolute Gasteiger partial charge is 0.394 e. The molecule has 252 valence electrons. The van der Waals surface area contributed by atoms with Crippen LogP contribution in [0.3, 0.4) is 0 Å². The highest BCUT2D eigenvalue weighted by molar-refractivity contribution is 7.46. The Bertz CT molecular complexity index is 1780. The van der Waals surface area contributed by atoms with Crippen LogP contribution in [0.4, 0.5) is 11.6 Å². The number of fused-ring (bicyclic) bond motifs is 2. The quantitative estimate of drug-likeness (QED) is 0.0622. The predicted octanol–water partition coefficient (Wildman–Crippen LogP) is -3.73. The summed E-state index contributed by atoms with van der Waals surface area (Å²) in [6.07, 6.45) is -5.40. The fourth-order valence-electron chi connectivity index (χ4n) is 4.86. The summed E-state index contributed by atoms with van der Waals surface area (Å²) in [5, 5.41) is 38.9. The molecule has 0 amide bonds. The molecule has 0 aromatic carbocycles. The second kappa shape index (κ2) is 13.1. The van der Waals surface area contributed by atoms with Gasteiger partial charge in [-0.3, -0.25) is 18.2 Å². The maximum absolute atomic E-state index is 11.1. The lowest BCUT2D eigenvalue weighted by Crippen LogP contribution is -2.35. The standard InChI is InChI=1S/2C10H14N5O7P/c11-8-5-9(13-2-12-8)15(3-14-5)10-6(17)7(4(1-16)21-10)22-23(18,19)20;11-8-5-9(13-2-12-8)15(3-14-5)10-7(22-23(18,19)20)6(17)4(1-16)21-10/h2*2-4,6-7,10,16-17H,1H2,(H2,11,12,13)(H2,18,19,20)/t4-,6+,7?,10-;4-,6?,7+,10-/m11/s1/i2*1+1,4+1,6+1,7+1,10+1. The highest BCUT2D eigenvalue weighted by atomic mass is 31.2. The van der Waals surface area contributed by atoms with E-state index in [2.05, 4.69) is 39.0 Å². The first-order chi connectivity index (χ1) is 21.6. The largest absolute Gasteiger partial charge is 0.470 e. The number of hydrogen-bond donors (Lipinski definition) is 10. The first-order valence-corrected chi connectivity index (χ1v) is 15.9. The van der Waals surface area contributed by atoms with Crippen LogP contribution in [0.1, 0.15) is 12.5 Å². The number of phosphoric acid groups is 2. The third kappa shape index (κ3) is 6.85. The number of rotatable bonds is 8. The molecule has 6 rings (SSSR count). The lowest BCUT2D eigenvalue weighted by Gasteiger charge is -2.21. The van der Waals surface area contributed by atoms with Crippen molar-refractivity contribution in [3.63, 3.8) is 0 Å². The van der Waals surface area contributed by atoms with E-state index < -0.39 is 77.9 Å². The highest BCUT2D eigenvalue weighted by Crippen LogP contribution is 2.46.